The van der Waals surface area contributed by atoms with Gasteiger partial charge in [0.15, 0.2) is 0 Å². The third-order valence-corrected chi connectivity index (χ3v) is 0.569. The van der Waals surface area contributed by atoms with Crippen LogP contribution in [0.25, 0.3) is 0 Å². The van der Waals surface area contributed by atoms with Crippen LogP contribution in [0, 0.1) is 17.4 Å². The number of allylic oxidation sites excluding steroid dienone is 2. The van der Waals surface area contributed by atoms with Gasteiger partial charge in [-0.3, -0.25) is 0 Å². The molecular formula is C5H5ClN. The smallest absolute Gasteiger partial charge is 0.0663 e. The van der Waals surface area contributed by atoms with E-state index in [1.165, 1.54) is 0 Å². The molecule has 0 aromatic heterocycles. The topological polar surface area (TPSA) is 23.8 Å². The van der Waals surface area contributed by atoms with Crippen molar-refractivity contribution in [3.8, 4) is 6.07 Å². The molecule has 0 spiro atoms. The molecule has 0 aliphatic rings. The van der Waals surface area contributed by atoms with Crippen molar-refractivity contribution >= 4 is 11.6 Å². The van der Waals surface area contributed by atoms with Crippen LogP contribution in [0.1, 0.15) is 6.42 Å². The largest absolute Gasteiger partial charge is 0.198 e. The fraction of sp³-hybridized carbons (Fsp3) is 0.400. The predicted octanol–water partition coefficient (Wildman–Crippen LogP) is 1.50. The lowest BCUT2D eigenvalue weighted by Crippen LogP contribution is -1.60. The number of nitriles is 1. The molecule has 0 heterocycles. The molecule has 0 aromatic rings. The Bertz CT molecular complexity index is 90.7. The third-order valence-electron chi connectivity index (χ3n) is 0.415. The molecule has 0 fully saturated rings. The van der Waals surface area contributed by atoms with Crippen molar-refractivity contribution in [2.24, 2.45) is 0 Å². The molecule has 0 N–H and O–H groups in total. The normalized spacial score (nSPS) is 9.14. The van der Waals surface area contributed by atoms with Gasteiger partial charge in [0, 0.05) is 5.88 Å². The van der Waals surface area contributed by atoms with Crippen LogP contribution in [-0.2, 0) is 0 Å². The number of hydrogen-bond acceptors (Lipinski definition) is 1. The van der Waals surface area contributed by atoms with E-state index in [9.17, 15) is 0 Å². The van der Waals surface area contributed by atoms with Crippen molar-refractivity contribution in [2.75, 3.05) is 5.88 Å². The van der Waals surface area contributed by atoms with Gasteiger partial charge in [-0.1, -0.05) is 6.08 Å². The summed E-state index contributed by atoms with van der Waals surface area (Å²) in [5.41, 5.74) is 0. The highest BCUT2D eigenvalue weighted by Gasteiger charge is 1.68. The van der Waals surface area contributed by atoms with Gasteiger partial charge in [-0.05, 0) is 6.08 Å². The molecule has 7 heavy (non-hydrogen) atoms. The lowest BCUT2D eigenvalue weighted by atomic mass is 10.4. The fourth-order valence-corrected chi connectivity index (χ4v) is 0.281. The fourth-order valence-electron chi connectivity index (χ4n) is 0.172. The Kier molecular flexibility index (Phi) is 5.14. The highest BCUT2D eigenvalue weighted by Crippen LogP contribution is 1.79. The van der Waals surface area contributed by atoms with E-state index in [1.54, 1.807) is 6.08 Å². The van der Waals surface area contributed by atoms with Crippen molar-refractivity contribution in [3.63, 3.8) is 0 Å². The second-order valence-corrected chi connectivity index (χ2v) is 1.17. The van der Waals surface area contributed by atoms with E-state index in [-0.39, 0.29) is 0 Å². The van der Waals surface area contributed by atoms with Crippen LogP contribution >= 0.6 is 11.6 Å². The van der Waals surface area contributed by atoms with Crippen molar-refractivity contribution in [2.45, 2.75) is 6.42 Å². The van der Waals surface area contributed by atoms with E-state index < -0.39 is 0 Å². The van der Waals surface area contributed by atoms with Crippen molar-refractivity contribution in [3.05, 3.63) is 12.2 Å². The number of alkyl halides is 1. The molecule has 0 amide bonds. The third kappa shape index (κ3) is 5.52. The molecule has 0 bridgehead atoms. The van der Waals surface area contributed by atoms with E-state index in [2.05, 4.69) is 6.08 Å². The molecular weight excluding hydrogens is 110 g/mol. The Labute approximate surface area is 48.2 Å². The van der Waals surface area contributed by atoms with Gasteiger partial charge in [-0.2, -0.15) is 5.26 Å². The molecule has 1 radical (unpaired) electrons. The summed E-state index contributed by atoms with van der Waals surface area (Å²) in [6.07, 6.45) is 4.69. The lowest BCUT2D eigenvalue weighted by Gasteiger charge is -1.68. The van der Waals surface area contributed by atoms with Crippen LogP contribution < -0.4 is 0 Å². The first-order valence-electron chi connectivity index (χ1n) is 1.89. The second kappa shape index (κ2) is 5.52. The van der Waals surface area contributed by atoms with E-state index >= 15 is 0 Å². The van der Waals surface area contributed by atoms with E-state index in [1.807, 2.05) is 6.07 Å². The molecule has 0 saturated heterocycles. The van der Waals surface area contributed by atoms with Gasteiger partial charge in [-0.15, -0.1) is 11.6 Å². The summed E-state index contributed by atoms with van der Waals surface area (Å²) in [5.74, 6) is 0.377. The van der Waals surface area contributed by atoms with Gasteiger partial charge in [-0.25, -0.2) is 0 Å². The van der Waals surface area contributed by atoms with Crippen molar-refractivity contribution in [1.82, 2.24) is 0 Å². The van der Waals surface area contributed by atoms with Gasteiger partial charge in [0.05, 0.1) is 12.5 Å². The van der Waals surface area contributed by atoms with Crippen LogP contribution in [0.5, 0.6) is 0 Å². The first-order chi connectivity index (χ1) is 3.41. The summed E-state index contributed by atoms with van der Waals surface area (Å²) in [6.45, 7) is 0. The minimum absolute atomic E-state index is 0.377. The summed E-state index contributed by atoms with van der Waals surface area (Å²) in [5, 5.41) is 7.93. The molecule has 0 aromatic carbocycles. The molecule has 0 aliphatic carbocycles. The summed E-state index contributed by atoms with van der Waals surface area (Å²) in [6, 6.07) is 1.93. The lowest BCUT2D eigenvalue weighted by molar-refractivity contribution is 1.33. The van der Waals surface area contributed by atoms with Gasteiger partial charge >= 0.3 is 0 Å². The summed E-state index contributed by atoms with van der Waals surface area (Å²) in [7, 11) is 0. The molecule has 0 rings (SSSR count). The maximum absolute atomic E-state index is 7.93. The Balaban J connectivity index is 2.97. The van der Waals surface area contributed by atoms with Gasteiger partial charge < -0.3 is 0 Å². The SMILES string of the molecule is N#CCC=[C]CCl. The molecule has 0 saturated carbocycles. The quantitative estimate of drug-likeness (QED) is 0.499. The van der Waals surface area contributed by atoms with Crippen LogP contribution in [0.15, 0.2) is 6.08 Å². The second-order valence-electron chi connectivity index (χ2n) is 0.904. The number of nitrogens with zero attached hydrogens (tertiary/aromatic N) is 1. The van der Waals surface area contributed by atoms with E-state index in [0.717, 1.165) is 0 Å². The highest BCUT2D eigenvalue weighted by molar-refractivity contribution is 6.18. The van der Waals surface area contributed by atoms with Crippen LogP contribution in [0.3, 0.4) is 0 Å². The zero-order valence-corrected chi connectivity index (χ0v) is 4.57. The van der Waals surface area contributed by atoms with E-state index in [0.29, 0.717) is 12.3 Å². The summed E-state index contributed by atoms with van der Waals surface area (Å²) < 4.78 is 0. The van der Waals surface area contributed by atoms with E-state index in [4.69, 9.17) is 16.9 Å². The average molecular weight is 115 g/mol. The molecule has 2 heteroatoms. The first-order valence-corrected chi connectivity index (χ1v) is 2.43. The van der Waals surface area contributed by atoms with Gasteiger partial charge in [0.2, 0.25) is 0 Å². The Morgan fingerprint density at radius 1 is 1.71 bits per heavy atom. The maximum Gasteiger partial charge on any atom is 0.0663 e. The minimum Gasteiger partial charge on any atom is -0.198 e. The molecule has 0 atom stereocenters. The molecule has 0 aliphatic heterocycles. The zero-order chi connectivity index (χ0) is 5.54. The average Bonchev–Trinajstić information content (AvgIpc) is 1.69. The van der Waals surface area contributed by atoms with Crippen LogP contribution in [-0.4, -0.2) is 5.88 Å². The Morgan fingerprint density at radius 2 is 2.43 bits per heavy atom. The van der Waals surface area contributed by atoms with Crippen LogP contribution in [0.4, 0.5) is 0 Å². The predicted molar refractivity (Wildman–Crippen MR) is 28.8 cm³/mol. The monoisotopic (exact) mass is 114 g/mol. The number of rotatable bonds is 2. The van der Waals surface area contributed by atoms with Crippen LogP contribution in [0.2, 0.25) is 0 Å². The Morgan fingerprint density at radius 3 is 2.86 bits per heavy atom. The minimum atomic E-state index is 0.377. The Hall–Kier alpha value is -0.480. The van der Waals surface area contributed by atoms with Gasteiger partial charge in [0.25, 0.3) is 0 Å². The molecule has 37 valence electrons. The van der Waals surface area contributed by atoms with Crippen molar-refractivity contribution < 1.29 is 0 Å². The van der Waals surface area contributed by atoms with Crippen molar-refractivity contribution in [1.29, 1.82) is 5.26 Å². The number of halogens is 1. The summed E-state index contributed by atoms with van der Waals surface area (Å²) >= 11 is 5.19. The molecule has 1 nitrogen and oxygen atoms in total. The standard InChI is InChI=1S/C5H5ClN/c6-4-2-1-3-5-7/h1H,3-4H2. The maximum atomic E-state index is 7.93. The van der Waals surface area contributed by atoms with Gasteiger partial charge in [0.1, 0.15) is 0 Å². The zero-order valence-electron chi connectivity index (χ0n) is 3.82. The molecule has 0 unspecified atom stereocenters. The number of hydrogen-bond donors (Lipinski definition) is 0. The summed E-state index contributed by atoms with van der Waals surface area (Å²) in [4.78, 5) is 0. The highest BCUT2D eigenvalue weighted by atomic mass is 35.5. The first kappa shape index (κ1) is 6.52.